The maximum atomic E-state index is 13.1. The second-order valence-electron chi connectivity index (χ2n) is 9.92. The van der Waals surface area contributed by atoms with Gasteiger partial charge in [0, 0.05) is 32.2 Å². The fourth-order valence-electron chi connectivity index (χ4n) is 5.81. The van der Waals surface area contributed by atoms with Crippen molar-refractivity contribution in [3.05, 3.63) is 45.1 Å². The van der Waals surface area contributed by atoms with Crippen LogP contribution in [0, 0.1) is 0 Å². The lowest BCUT2D eigenvalue weighted by molar-refractivity contribution is 0.167. The van der Waals surface area contributed by atoms with E-state index >= 15 is 0 Å². The van der Waals surface area contributed by atoms with Crippen molar-refractivity contribution in [1.29, 1.82) is 0 Å². The van der Waals surface area contributed by atoms with Gasteiger partial charge in [0.2, 0.25) is 11.5 Å². The molecule has 2 aliphatic heterocycles. The molecule has 2 aromatic carbocycles. The first-order chi connectivity index (χ1) is 18.5. The molecule has 4 aromatic rings. The summed E-state index contributed by atoms with van der Waals surface area (Å²) in [5.41, 5.74) is 1.87. The lowest BCUT2D eigenvalue weighted by Crippen LogP contribution is -2.38. The third-order valence-electron chi connectivity index (χ3n) is 7.73. The Balaban J connectivity index is 1.07. The predicted molar refractivity (Wildman–Crippen MR) is 146 cm³/mol. The first-order valence-corrected chi connectivity index (χ1v) is 14.1. The number of ether oxygens (including phenoxy) is 2. The van der Waals surface area contributed by atoms with Crippen molar-refractivity contribution in [3.8, 4) is 23.0 Å². The molecule has 0 radical (unpaired) electrons. The van der Waals surface area contributed by atoms with E-state index < -0.39 is 0 Å². The maximum absolute atomic E-state index is 13.1. The SMILES string of the molecule is CCn1c(=O)n(C2CCN(CCCCn3sc4c(O)c(O)c5c(c4c3=O)OCCO5)CC2)c2ccccc21. The summed E-state index contributed by atoms with van der Waals surface area (Å²) < 4.78 is 16.8. The van der Waals surface area contributed by atoms with Gasteiger partial charge in [-0.05, 0) is 51.3 Å². The number of likely N-dealkylation sites (tertiary alicyclic amines) is 1. The van der Waals surface area contributed by atoms with Crippen LogP contribution in [-0.4, -0.2) is 61.1 Å². The molecule has 38 heavy (non-hydrogen) atoms. The highest BCUT2D eigenvalue weighted by molar-refractivity contribution is 7.14. The minimum atomic E-state index is -0.384. The Kier molecular flexibility index (Phi) is 6.56. The first kappa shape index (κ1) is 24.9. The number of unbranched alkanes of at least 4 members (excludes halogenated alkanes) is 1. The zero-order valence-electron chi connectivity index (χ0n) is 21.4. The number of hydrogen-bond acceptors (Lipinski definition) is 8. The fourth-order valence-corrected chi connectivity index (χ4v) is 6.88. The molecule has 0 spiro atoms. The highest BCUT2D eigenvalue weighted by Gasteiger charge is 2.29. The van der Waals surface area contributed by atoms with E-state index in [-0.39, 0.29) is 58.9 Å². The van der Waals surface area contributed by atoms with Crippen LogP contribution >= 0.6 is 11.5 Å². The number of para-hydroxylation sites is 2. The minimum absolute atomic E-state index is 0.0354. The lowest BCUT2D eigenvalue weighted by atomic mass is 10.0. The lowest BCUT2D eigenvalue weighted by Gasteiger charge is -2.32. The van der Waals surface area contributed by atoms with Crippen molar-refractivity contribution in [2.75, 3.05) is 32.8 Å². The number of benzene rings is 2. The Labute approximate surface area is 223 Å². The molecule has 0 amide bonds. The average Bonchev–Trinajstić information content (AvgIpc) is 3.43. The third-order valence-corrected chi connectivity index (χ3v) is 8.87. The summed E-state index contributed by atoms with van der Waals surface area (Å²) in [7, 11) is 0. The van der Waals surface area contributed by atoms with E-state index in [9.17, 15) is 19.8 Å². The van der Waals surface area contributed by atoms with E-state index in [2.05, 4.69) is 4.90 Å². The van der Waals surface area contributed by atoms with E-state index in [1.54, 1.807) is 3.96 Å². The molecule has 10 nitrogen and oxygen atoms in total. The van der Waals surface area contributed by atoms with Crippen molar-refractivity contribution in [1.82, 2.24) is 18.0 Å². The number of hydrogen-bond donors (Lipinski definition) is 2. The van der Waals surface area contributed by atoms with Gasteiger partial charge >= 0.3 is 5.69 Å². The number of piperidine rings is 1. The normalized spacial score (nSPS) is 16.6. The summed E-state index contributed by atoms with van der Waals surface area (Å²) in [6.45, 7) is 6.53. The third kappa shape index (κ3) is 4.04. The van der Waals surface area contributed by atoms with E-state index in [4.69, 9.17) is 9.47 Å². The average molecular weight is 541 g/mol. The summed E-state index contributed by atoms with van der Waals surface area (Å²) in [6.07, 6.45) is 3.60. The number of rotatable bonds is 7. The number of imidazole rings is 1. The van der Waals surface area contributed by atoms with Crippen LogP contribution in [0.2, 0.25) is 0 Å². The Hall–Kier alpha value is -3.44. The van der Waals surface area contributed by atoms with Crippen LogP contribution in [0.15, 0.2) is 33.9 Å². The van der Waals surface area contributed by atoms with Gasteiger partial charge in [-0.1, -0.05) is 23.7 Å². The number of nitrogens with zero attached hydrogens (tertiary/aromatic N) is 4. The monoisotopic (exact) mass is 540 g/mol. The summed E-state index contributed by atoms with van der Waals surface area (Å²) in [5.74, 6) is -0.474. The van der Waals surface area contributed by atoms with Crippen LogP contribution in [0.3, 0.4) is 0 Å². The molecule has 2 aliphatic rings. The molecular weight excluding hydrogens is 508 g/mol. The summed E-state index contributed by atoms with van der Waals surface area (Å²) >= 11 is 1.14. The number of aryl methyl sites for hydroxylation is 2. The smallest absolute Gasteiger partial charge is 0.329 e. The Morgan fingerprint density at radius 2 is 1.63 bits per heavy atom. The van der Waals surface area contributed by atoms with E-state index in [0.717, 1.165) is 67.9 Å². The van der Waals surface area contributed by atoms with Crippen molar-refractivity contribution in [2.24, 2.45) is 0 Å². The summed E-state index contributed by atoms with van der Waals surface area (Å²) in [4.78, 5) is 28.6. The van der Waals surface area contributed by atoms with Gasteiger partial charge in [0.25, 0.3) is 5.56 Å². The molecule has 6 rings (SSSR count). The minimum Gasteiger partial charge on any atom is -0.503 e. The number of fused-ring (bicyclic) bond motifs is 4. The van der Waals surface area contributed by atoms with Crippen molar-refractivity contribution < 1.29 is 19.7 Å². The number of aromatic hydroxyl groups is 2. The van der Waals surface area contributed by atoms with Gasteiger partial charge in [-0.3, -0.25) is 17.9 Å². The summed E-state index contributed by atoms with van der Waals surface area (Å²) in [6, 6.07) is 8.25. The Bertz CT molecular complexity index is 1610. The Morgan fingerprint density at radius 1 is 0.947 bits per heavy atom. The van der Waals surface area contributed by atoms with E-state index in [0.29, 0.717) is 17.8 Å². The van der Waals surface area contributed by atoms with Gasteiger partial charge < -0.3 is 24.6 Å². The van der Waals surface area contributed by atoms with Gasteiger partial charge in [-0.2, -0.15) is 0 Å². The van der Waals surface area contributed by atoms with Gasteiger partial charge in [0.05, 0.1) is 11.0 Å². The molecule has 0 atom stereocenters. The molecule has 4 heterocycles. The van der Waals surface area contributed by atoms with Crippen LogP contribution in [0.4, 0.5) is 0 Å². The molecule has 0 aliphatic carbocycles. The maximum Gasteiger partial charge on any atom is 0.329 e. The molecule has 1 saturated heterocycles. The second kappa shape index (κ2) is 10.0. The standard InChI is InChI=1S/C27H32N4O6S/c1-2-29-18-7-3-4-8-19(18)31(27(29)35)17-9-13-28(14-10-17)11-5-6-12-30-26(34)20-23-24(37-16-15-36-23)21(32)22(33)25(20)38-30/h3-4,7-8,17,32-33H,2,5-6,9-16H2,1H3. The molecule has 2 N–H and O–H groups in total. The molecule has 0 saturated carbocycles. The second-order valence-corrected chi connectivity index (χ2v) is 11.0. The van der Waals surface area contributed by atoms with Crippen LogP contribution in [0.1, 0.15) is 38.6 Å². The zero-order chi connectivity index (χ0) is 26.4. The number of phenols is 2. The number of phenolic OH excluding ortho intramolecular Hbond substituents is 2. The Morgan fingerprint density at radius 3 is 2.37 bits per heavy atom. The molecule has 0 bridgehead atoms. The van der Waals surface area contributed by atoms with Crippen LogP contribution in [0.25, 0.3) is 21.1 Å². The molecule has 11 heteroatoms. The van der Waals surface area contributed by atoms with Crippen molar-refractivity contribution >= 4 is 32.7 Å². The van der Waals surface area contributed by atoms with E-state index in [1.807, 2.05) is 40.3 Å². The molecular formula is C27H32N4O6S. The summed E-state index contributed by atoms with van der Waals surface area (Å²) in [5, 5.41) is 21.0. The van der Waals surface area contributed by atoms with Gasteiger partial charge in [-0.15, -0.1) is 0 Å². The van der Waals surface area contributed by atoms with Crippen molar-refractivity contribution in [3.63, 3.8) is 0 Å². The zero-order valence-corrected chi connectivity index (χ0v) is 22.2. The first-order valence-electron chi connectivity index (χ1n) is 13.3. The van der Waals surface area contributed by atoms with Gasteiger partial charge in [0.15, 0.2) is 11.5 Å². The quantitative estimate of drug-likeness (QED) is 0.273. The largest absolute Gasteiger partial charge is 0.503 e. The van der Waals surface area contributed by atoms with Crippen LogP contribution in [0.5, 0.6) is 23.0 Å². The number of aromatic nitrogens is 3. The molecule has 0 unspecified atom stereocenters. The van der Waals surface area contributed by atoms with Crippen molar-refractivity contribution in [2.45, 2.75) is 51.7 Å². The fraction of sp³-hybridized carbons (Fsp3) is 0.481. The topological polar surface area (TPSA) is 111 Å². The van der Waals surface area contributed by atoms with Crippen LogP contribution in [-0.2, 0) is 13.1 Å². The molecule has 202 valence electrons. The van der Waals surface area contributed by atoms with Gasteiger partial charge in [-0.25, -0.2) is 4.79 Å². The van der Waals surface area contributed by atoms with Crippen LogP contribution < -0.4 is 20.7 Å². The van der Waals surface area contributed by atoms with Gasteiger partial charge in [0.1, 0.15) is 23.3 Å². The highest BCUT2D eigenvalue weighted by Crippen LogP contribution is 2.51. The molecule has 2 aromatic heterocycles. The van der Waals surface area contributed by atoms with E-state index in [1.165, 1.54) is 0 Å². The molecule has 1 fully saturated rings. The predicted octanol–water partition coefficient (Wildman–Crippen LogP) is 3.50. The highest BCUT2D eigenvalue weighted by atomic mass is 32.1.